The van der Waals surface area contributed by atoms with Gasteiger partial charge in [0, 0.05) is 5.70 Å². The Hall–Kier alpha value is -1.63. The standard InChI is InChI=1S/C17H25N/c1-9-16(12(3)4)15(7)17(10-2)13(5)11-14(6)18-8/h9,11H,3,7-8,10H2,1-2,4-6H3/b14-11-,16-9-,17-13+. The molecule has 0 aromatic heterocycles. The van der Waals surface area contributed by atoms with E-state index in [9.17, 15) is 0 Å². The fourth-order valence-corrected chi connectivity index (χ4v) is 2.02. The Morgan fingerprint density at radius 1 is 1.17 bits per heavy atom. The van der Waals surface area contributed by atoms with Crippen molar-refractivity contribution in [3.63, 3.8) is 0 Å². The zero-order valence-electron chi connectivity index (χ0n) is 12.4. The van der Waals surface area contributed by atoms with E-state index in [0.717, 1.165) is 28.8 Å². The third kappa shape index (κ3) is 4.33. The highest BCUT2D eigenvalue weighted by Crippen LogP contribution is 2.28. The molecule has 0 unspecified atom stereocenters. The van der Waals surface area contributed by atoms with E-state index in [1.807, 2.05) is 26.8 Å². The molecule has 0 atom stereocenters. The van der Waals surface area contributed by atoms with Gasteiger partial charge in [0.05, 0.1) is 0 Å². The van der Waals surface area contributed by atoms with Crippen molar-refractivity contribution in [3.05, 3.63) is 58.9 Å². The van der Waals surface area contributed by atoms with Gasteiger partial charge in [-0.25, -0.2) is 0 Å². The molecule has 0 radical (unpaired) electrons. The van der Waals surface area contributed by atoms with Crippen molar-refractivity contribution in [3.8, 4) is 0 Å². The zero-order valence-corrected chi connectivity index (χ0v) is 12.4. The van der Waals surface area contributed by atoms with Crippen LogP contribution in [0.3, 0.4) is 0 Å². The van der Waals surface area contributed by atoms with Gasteiger partial charge in [-0.15, -0.1) is 0 Å². The first-order chi connectivity index (χ1) is 8.38. The molecular weight excluding hydrogens is 218 g/mol. The smallest absolute Gasteiger partial charge is 0.0368 e. The van der Waals surface area contributed by atoms with E-state index < -0.39 is 0 Å². The Kier molecular flexibility index (Phi) is 6.96. The van der Waals surface area contributed by atoms with Gasteiger partial charge in [0.1, 0.15) is 0 Å². The van der Waals surface area contributed by atoms with Crippen LogP contribution >= 0.6 is 0 Å². The molecule has 0 aliphatic rings. The van der Waals surface area contributed by atoms with E-state index in [1.165, 1.54) is 11.1 Å². The van der Waals surface area contributed by atoms with Crippen LogP contribution in [-0.4, -0.2) is 6.72 Å². The maximum absolute atomic E-state index is 4.21. The van der Waals surface area contributed by atoms with Crippen molar-refractivity contribution in [1.82, 2.24) is 0 Å². The van der Waals surface area contributed by atoms with Crippen molar-refractivity contribution in [2.75, 3.05) is 0 Å². The molecule has 18 heavy (non-hydrogen) atoms. The lowest BCUT2D eigenvalue weighted by Crippen LogP contribution is -1.96. The summed E-state index contributed by atoms with van der Waals surface area (Å²) in [5.74, 6) is 0. The van der Waals surface area contributed by atoms with Gasteiger partial charge in [-0.1, -0.05) is 31.7 Å². The second kappa shape index (κ2) is 7.65. The second-order valence-corrected chi connectivity index (χ2v) is 4.42. The number of aliphatic imine (C=N–C) groups is 1. The third-order valence-corrected chi connectivity index (χ3v) is 2.94. The lowest BCUT2D eigenvalue weighted by atomic mass is 9.90. The van der Waals surface area contributed by atoms with E-state index in [4.69, 9.17) is 0 Å². The summed E-state index contributed by atoms with van der Waals surface area (Å²) < 4.78 is 0. The van der Waals surface area contributed by atoms with Gasteiger partial charge in [0.25, 0.3) is 0 Å². The summed E-state index contributed by atoms with van der Waals surface area (Å²) in [6, 6.07) is 0. The van der Waals surface area contributed by atoms with Crippen LogP contribution < -0.4 is 0 Å². The van der Waals surface area contributed by atoms with E-state index in [1.54, 1.807) is 0 Å². The fourth-order valence-electron chi connectivity index (χ4n) is 2.02. The van der Waals surface area contributed by atoms with Crippen LogP contribution in [0.25, 0.3) is 0 Å². The second-order valence-electron chi connectivity index (χ2n) is 4.42. The van der Waals surface area contributed by atoms with Crippen LogP contribution in [0.1, 0.15) is 41.0 Å². The minimum atomic E-state index is 0.920. The number of hydrogen-bond acceptors (Lipinski definition) is 1. The molecule has 1 heteroatoms. The van der Waals surface area contributed by atoms with Gasteiger partial charge >= 0.3 is 0 Å². The average Bonchev–Trinajstić information content (AvgIpc) is 2.30. The molecule has 0 saturated carbocycles. The molecule has 98 valence electrons. The van der Waals surface area contributed by atoms with Gasteiger partial charge in [-0.05, 0) is 69.2 Å². The van der Waals surface area contributed by atoms with Crippen molar-refractivity contribution in [1.29, 1.82) is 0 Å². The quantitative estimate of drug-likeness (QED) is 0.438. The molecule has 0 fully saturated rings. The van der Waals surface area contributed by atoms with E-state index >= 15 is 0 Å². The predicted octanol–water partition coefficient (Wildman–Crippen LogP) is 5.40. The molecule has 0 aliphatic carbocycles. The minimum Gasteiger partial charge on any atom is -0.269 e. The van der Waals surface area contributed by atoms with E-state index in [-0.39, 0.29) is 0 Å². The first-order valence-corrected chi connectivity index (χ1v) is 6.25. The third-order valence-electron chi connectivity index (χ3n) is 2.94. The van der Waals surface area contributed by atoms with Crippen molar-refractivity contribution < 1.29 is 0 Å². The van der Waals surface area contributed by atoms with Crippen molar-refractivity contribution in [2.24, 2.45) is 4.99 Å². The molecule has 0 amide bonds. The molecule has 0 rings (SSSR count). The van der Waals surface area contributed by atoms with Crippen molar-refractivity contribution >= 4 is 6.72 Å². The SMILES string of the molecule is C=N/C(C)=C\C(C)=C(/CC)C(=C)/C(=C\C)C(=C)C. The Balaban J connectivity index is 5.59. The molecule has 1 nitrogen and oxygen atoms in total. The number of nitrogens with zero attached hydrogens (tertiary/aromatic N) is 1. The topological polar surface area (TPSA) is 12.4 Å². The fraction of sp³-hybridized carbons (Fsp3) is 0.353. The number of rotatable bonds is 6. The summed E-state index contributed by atoms with van der Waals surface area (Å²) in [5.41, 5.74) is 6.58. The van der Waals surface area contributed by atoms with Crippen LogP contribution in [0.2, 0.25) is 0 Å². The first kappa shape index (κ1) is 16.4. The maximum atomic E-state index is 4.21. The molecule has 0 aromatic rings. The number of hydrogen-bond donors (Lipinski definition) is 0. The van der Waals surface area contributed by atoms with Gasteiger partial charge in [0.2, 0.25) is 0 Å². The highest BCUT2D eigenvalue weighted by atomic mass is 14.7. The zero-order chi connectivity index (χ0) is 14.3. The Morgan fingerprint density at radius 2 is 1.72 bits per heavy atom. The molecule has 0 spiro atoms. The Morgan fingerprint density at radius 3 is 2.06 bits per heavy atom. The van der Waals surface area contributed by atoms with Gasteiger partial charge in [-0.3, -0.25) is 4.99 Å². The normalized spacial score (nSPS) is 14.1. The van der Waals surface area contributed by atoms with Crippen molar-refractivity contribution in [2.45, 2.75) is 41.0 Å². The summed E-state index contributed by atoms with van der Waals surface area (Å²) in [5, 5.41) is 0. The van der Waals surface area contributed by atoms with Crippen LogP contribution in [0.15, 0.2) is 63.9 Å². The molecule has 0 aliphatic heterocycles. The largest absolute Gasteiger partial charge is 0.269 e. The monoisotopic (exact) mass is 243 g/mol. The summed E-state index contributed by atoms with van der Waals surface area (Å²) in [6.07, 6.45) is 5.05. The summed E-state index contributed by atoms with van der Waals surface area (Å²) in [7, 11) is 0. The summed E-state index contributed by atoms with van der Waals surface area (Å²) >= 11 is 0. The molecule has 0 saturated heterocycles. The Bertz CT molecular complexity index is 442. The molecule has 0 bridgehead atoms. The van der Waals surface area contributed by atoms with Gasteiger partial charge in [-0.2, -0.15) is 0 Å². The van der Waals surface area contributed by atoms with Crippen LogP contribution in [0.4, 0.5) is 0 Å². The molecule has 0 N–H and O–H groups in total. The van der Waals surface area contributed by atoms with Gasteiger partial charge < -0.3 is 0 Å². The van der Waals surface area contributed by atoms with Crippen LogP contribution in [0, 0.1) is 0 Å². The number of allylic oxidation sites excluding steroid dienone is 8. The highest BCUT2D eigenvalue weighted by Gasteiger charge is 2.09. The molecule has 0 heterocycles. The maximum Gasteiger partial charge on any atom is 0.0368 e. The van der Waals surface area contributed by atoms with Crippen LogP contribution in [-0.2, 0) is 0 Å². The van der Waals surface area contributed by atoms with E-state index in [2.05, 4.69) is 44.8 Å². The summed E-state index contributed by atoms with van der Waals surface area (Å²) in [4.78, 5) is 3.92. The Labute approximate surface area is 112 Å². The van der Waals surface area contributed by atoms with E-state index in [0.29, 0.717) is 0 Å². The minimum absolute atomic E-state index is 0.920. The highest BCUT2D eigenvalue weighted by molar-refractivity contribution is 5.55. The lowest BCUT2D eigenvalue weighted by Gasteiger charge is -2.15. The van der Waals surface area contributed by atoms with Gasteiger partial charge in [0.15, 0.2) is 0 Å². The predicted molar refractivity (Wildman–Crippen MR) is 84.0 cm³/mol. The molecule has 0 aromatic carbocycles. The van der Waals surface area contributed by atoms with Crippen LogP contribution in [0.5, 0.6) is 0 Å². The summed E-state index contributed by atoms with van der Waals surface area (Å²) in [6.45, 7) is 21.9. The average molecular weight is 243 g/mol. The molecular formula is C17H25N. The lowest BCUT2D eigenvalue weighted by molar-refractivity contribution is 1.08. The first-order valence-electron chi connectivity index (χ1n) is 6.25.